The predicted octanol–water partition coefficient (Wildman–Crippen LogP) is 3.06. The van der Waals surface area contributed by atoms with Crippen LogP contribution in [0.5, 0.6) is 0 Å². The fraction of sp³-hybridized carbons (Fsp3) is 0.762. The summed E-state index contributed by atoms with van der Waals surface area (Å²) in [6.07, 6.45) is 6.96. The molecule has 0 radical (unpaired) electrons. The van der Waals surface area contributed by atoms with E-state index in [4.69, 9.17) is 18.6 Å². The highest BCUT2D eigenvalue weighted by Crippen LogP contribution is 2.69. The molecule has 8 atom stereocenters. The lowest BCUT2D eigenvalue weighted by molar-refractivity contribution is -0.185. The Kier molecular flexibility index (Phi) is 3.98. The third-order valence-corrected chi connectivity index (χ3v) is 8.22. The van der Waals surface area contributed by atoms with Gasteiger partial charge in [0, 0.05) is 30.4 Å². The van der Waals surface area contributed by atoms with E-state index in [-0.39, 0.29) is 48.8 Å². The number of cyclic esters (lactones) is 1. The van der Waals surface area contributed by atoms with Crippen LogP contribution in [0.2, 0.25) is 0 Å². The Morgan fingerprint density at radius 3 is 2.93 bits per heavy atom. The van der Waals surface area contributed by atoms with Gasteiger partial charge in [-0.15, -0.1) is 0 Å². The number of carbonyl (C=O) groups is 1. The number of hydrogen-bond donors (Lipinski definition) is 1. The second-order valence-electron chi connectivity index (χ2n) is 8.92. The summed E-state index contributed by atoms with van der Waals surface area (Å²) < 4.78 is 23.0. The van der Waals surface area contributed by atoms with Crippen molar-refractivity contribution in [1.82, 2.24) is 0 Å². The lowest BCUT2D eigenvalue weighted by Gasteiger charge is -2.58. The molecule has 2 aliphatic carbocycles. The number of ether oxygens (including phenoxy) is 3. The third kappa shape index (κ3) is 2.09. The first-order chi connectivity index (χ1) is 13.1. The van der Waals surface area contributed by atoms with Gasteiger partial charge in [-0.2, -0.15) is 0 Å². The highest BCUT2D eigenvalue weighted by Gasteiger charge is 2.73. The van der Waals surface area contributed by atoms with Crippen molar-refractivity contribution in [3.63, 3.8) is 0 Å². The monoisotopic (exact) mass is 376 g/mol. The molecular formula is C21H28O6. The van der Waals surface area contributed by atoms with E-state index in [1.165, 1.54) is 0 Å². The summed E-state index contributed by atoms with van der Waals surface area (Å²) in [6, 6.07) is 1.87. The van der Waals surface area contributed by atoms with Gasteiger partial charge in [0.1, 0.15) is 6.10 Å². The van der Waals surface area contributed by atoms with Crippen LogP contribution >= 0.6 is 0 Å². The number of aliphatic hydroxyl groups excluding tert-OH is 1. The van der Waals surface area contributed by atoms with E-state index in [1.54, 1.807) is 19.6 Å². The number of esters is 1. The standard InChI is InChI=1S/C21H28O6/c1-12-8-17-21(11-22)14(18(24-2)27-17)4-3-5-16(21)20(12)9-15(26-19(20)23)13-6-7-25-10-13/h6-7,10,12,14-18,22H,3-5,8-9,11H2,1-2H3/t12-,14-,15+,16-,17-,18+,20-,21+/m1/s1. The molecule has 5 rings (SSSR count). The van der Waals surface area contributed by atoms with Gasteiger partial charge in [0.05, 0.1) is 30.7 Å². The highest BCUT2D eigenvalue weighted by atomic mass is 16.7. The average molecular weight is 376 g/mol. The molecule has 2 saturated carbocycles. The molecule has 4 aliphatic rings. The van der Waals surface area contributed by atoms with Crippen LogP contribution in [-0.2, 0) is 19.0 Å². The summed E-state index contributed by atoms with van der Waals surface area (Å²) in [5.41, 5.74) is -0.0842. The molecule has 2 aliphatic heterocycles. The molecule has 0 aromatic carbocycles. The van der Waals surface area contributed by atoms with Crippen molar-refractivity contribution in [2.75, 3.05) is 13.7 Å². The molecule has 148 valence electrons. The summed E-state index contributed by atoms with van der Waals surface area (Å²) in [7, 11) is 1.68. The zero-order chi connectivity index (χ0) is 18.8. The van der Waals surface area contributed by atoms with E-state index in [1.807, 2.05) is 6.07 Å². The Morgan fingerprint density at radius 2 is 2.22 bits per heavy atom. The normalized spacial score (nSPS) is 48.6. The Morgan fingerprint density at radius 1 is 1.37 bits per heavy atom. The van der Waals surface area contributed by atoms with Gasteiger partial charge in [-0.1, -0.05) is 13.3 Å². The predicted molar refractivity (Wildman–Crippen MR) is 94.4 cm³/mol. The van der Waals surface area contributed by atoms with Gasteiger partial charge >= 0.3 is 5.97 Å². The quantitative estimate of drug-likeness (QED) is 0.817. The topological polar surface area (TPSA) is 78.1 Å². The Bertz CT molecular complexity index is 716. The average Bonchev–Trinajstić information content (AvgIpc) is 3.38. The first kappa shape index (κ1) is 17.7. The fourth-order valence-corrected chi connectivity index (χ4v) is 7.01. The van der Waals surface area contributed by atoms with Crippen LogP contribution in [0.15, 0.2) is 23.0 Å². The smallest absolute Gasteiger partial charge is 0.313 e. The van der Waals surface area contributed by atoms with Crippen molar-refractivity contribution in [1.29, 1.82) is 0 Å². The molecule has 0 unspecified atom stereocenters. The number of methoxy groups -OCH3 is 1. The molecule has 6 nitrogen and oxygen atoms in total. The SMILES string of the molecule is CO[C@H]1O[C@@H]2C[C@@H](C)[C@]3(C[C@@H](c4ccoc4)OC3=O)[C@H]3CCC[C@H]1[C@@]32CO. The maximum atomic E-state index is 13.4. The molecule has 1 spiro atoms. The van der Waals surface area contributed by atoms with Gasteiger partial charge < -0.3 is 23.7 Å². The van der Waals surface area contributed by atoms with Crippen LogP contribution in [0.25, 0.3) is 0 Å². The summed E-state index contributed by atoms with van der Waals surface area (Å²) in [4.78, 5) is 13.4. The van der Waals surface area contributed by atoms with Crippen LogP contribution in [0.3, 0.4) is 0 Å². The van der Waals surface area contributed by atoms with Crippen molar-refractivity contribution in [3.05, 3.63) is 24.2 Å². The van der Waals surface area contributed by atoms with Gasteiger partial charge in [-0.05, 0) is 37.2 Å². The number of aliphatic hydroxyl groups is 1. The molecule has 0 amide bonds. The van der Waals surface area contributed by atoms with E-state index in [0.717, 1.165) is 31.2 Å². The zero-order valence-electron chi connectivity index (χ0n) is 15.9. The maximum absolute atomic E-state index is 13.4. The Balaban J connectivity index is 1.59. The van der Waals surface area contributed by atoms with Crippen LogP contribution in [-0.4, -0.2) is 37.2 Å². The van der Waals surface area contributed by atoms with Crippen molar-refractivity contribution in [2.45, 2.75) is 57.5 Å². The minimum Gasteiger partial charge on any atom is -0.472 e. The molecular weight excluding hydrogens is 348 g/mol. The van der Waals surface area contributed by atoms with Crippen molar-refractivity contribution in [3.8, 4) is 0 Å². The lowest BCUT2D eigenvalue weighted by atomic mass is 9.43. The van der Waals surface area contributed by atoms with Crippen molar-refractivity contribution < 1.29 is 28.5 Å². The number of rotatable bonds is 3. The Hall–Kier alpha value is -1.37. The van der Waals surface area contributed by atoms with Crippen LogP contribution < -0.4 is 0 Å². The van der Waals surface area contributed by atoms with E-state index in [9.17, 15) is 9.90 Å². The van der Waals surface area contributed by atoms with Crippen molar-refractivity contribution in [2.24, 2.45) is 28.6 Å². The zero-order valence-corrected chi connectivity index (χ0v) is 15.9. The highest BCUT2D eigenvalue weighted by molar-refractivity contribution is 5.80. The van der Waals surface area contributed by atoms with Gasteiger partial charge in [0.2, 0.25) is 0 Å². The summed E-state index contributed by atoms with van der Waals surface area (Å²) in [6.45, 7) is 2.18. The van der Waals surface area contributed by atoms with Crippen LogP contribution in [0.1, 0.15) is 50.7 Å². The molecule has 1 N–H and O–H groups in total. The fourth-order valence-electron chi connectivity index (χ4n) is 7.01. The first-order valence-corrected chi connectivity index (χ1v) is 10.1. The molecule has 0 bridgehead atoms. The van der Waals surface area contributed by atoms with Gasteiger partial charge in [-0.3, -0.25) is 4.79 Å². The van der Waals surface area contributed by atoms with Gasteiger partial charge in [0.25, 0.3) is 0 Å². The second kappa shape index (κ2) is 6.06. The maximum Gasteiger partial charge on any atom is 0.313 e. The van der Waals surface area contributed by atoms with Gasteiger partial charge in [0.15, 0.2) is 6.29 Å². The van der Waals surface area contributed by atoms with Crippen LogP contribution in [0, 0.1) is 28.6 Å². The summed E-state index contributed by atoms with van der Waals surface area (Å²) >= 11 is 0. The molecule has 3 heterocycles. The number of hydrogen-bond acceptors (Lipinski definition) is 6. The molecule has 2 saturated heterocycles. The molecule has 6 heteroatoms. The number of carbonyl (C=O) groups excluding carboxylic acids is 1. The lowest BCUT2D eigenvalue weighted by Crippen LogP contribution is -2.62. The first-order valence-electron chi connectivity index (χ1n) is 10.1. The largest absolute Gasteiger partial charge is 0.472 e. The molecule has 1 aromatic heterocycles. The van der Waals surface area contributed by atoms with E-state index < -0.39 is 10.8 Å². The van der Waals surface area contributed by atoms with Crippen molar-refractivity contribution >= 4 is 5.97 Å². The van der Waals surface area contributed by atoms with E-state index in [2.05, 4.69) is 6.92 Å². The molecule has 1 aromatic rings. The molecule has 27 heavy (non-hydrogen) atoms. The van der Waals surface area contributed by atoms with E-state index in [0.29, 0.717) is 6.42 Å². The second-order valence-corrected chi connectivity index (χ2v) is 8.92. The third-order valence-electron chi connectivity index (χ3n) is 8.22. The number of furan rings is 1. The number of fused-ring (bicyclic) bond motifs is 1. The Labute approximate surface area is 159 Å². The summed E-state index contributed by atoms with van der Waals surface area (Å²) in [5, 5.41) is 10.6. The minimum atomic E-state index is -0.578. The molecule has 4 fully saturated rings. The van der Waals surface area contributed by atoms with Crippen LogP contribution in [0.4, 0.5) is 0 Å². The summed E-state index contributed by atoms with van der Waals surface area (Å²) in [5.74, 6) is 0.193. The minimum absolute atomic E-state index is 0.0327. The van der Waals surface area contributed by atoms with Gasteiger partial charge in [-0.25, -0.2) is 0 Å². The van der Waals surface area contributed by atoms with E-state index >= 15 is 0 Å².